The Bertz CT molecular complexity index is 953. The van der Waals surface area contributed by atoms with Crippen LogP contribution in [-0.2, 0) is 14.3 Å². The van der Waals surface area contributed by atoms with Crippen LogP contribution in [0.3, 0.4) is 0 Å². The Morgan fingerprint density at radius 1 is 1.14 bits per heavy atom. The van der Waals surface area contributed by atoms with E-state index in [1.807, 2.05) is 4.90 Å². The van der Waals surface area contributed by atoms with E-state index in [2.05, 4.69) is 36.4 Å². The van der Waals surface area contributed by atoms with Crippen molar-refractivity contribution in [3.8, 4) is 0 Å². The minimum absolute atomic E-state index is 0.115. The van der Waals surface area contributed by atoms with Crippen LogP contribution in [0, 0.1) is 24.2 Å². The highest BCUT2D eigenvalue weighted by molar-refractivity contribution is 6.39. The van der Waals surface area contributed by atoms with Crippen molar-refractivity contribution in [1.29, 1.82) is 0 Å². The number of carbonyl (C=O) groups excluding carboxylic acids is 3. The summed E-state index contributed by atoms with van der Waals surface area (Å²) in [5.41, 5.74) is 0.719. The van der Waals surface area contributed by atoms with E-state index in [-0.39, 0.29) is 11.5 Å². The number of nitrogens with one attached hydrogen (secondary N) is 2. The normalized spacial score (nSPS) is 24.4. The third-order valence-electron chi connectivity index (χ3n) is 7.06. The average molecular weight is 487 g/mol. The topological polar surface area (TPSA) is 101 Å². The van der Waals surface area contributed by atoms with Gasteiger partial charge in [0.15, 0.2) is 0 Å². The van der Waals surface area contributed by atoms with Crippen molar-refractivity contribution < 1.29 is 19.1 Å². The lowest BCUT2D eigenvalue weighted by Gasteiger charge is -2.46. The molecule has 3 rings (SSSR count). The van der Waals surface area contributed by atoms with Gasteiger partial charge >= 0.3 is 17.9 Å². The molecule has 2 fully saturated rings. The van der Waals surface area contributed by atoms with Crippen LogP contribution in [0.5, 0.6) is 0 Å². The third kappa shape index (κ3) is 7.42. The van der Waals surface area contributed by atoms with E-state index in [0.29, 0.717) is 35.4 Å². The lowest BCUT2D eigenvalue weighted by Crippen LogP contribution is -2.54. The van der Waals surface area contributed by atoms with E-state index < -0.39 is 23.5 Å². The summed E-state index contributed by atoms with van der Waals surface area (Å²) in [4.78, 5) is 44.4. The Morgan fingerprint density at radius 2 is 1.86 bits per heavy atom. The van der Waals surface area contributed by atoms with Crippen molar-refractivity contribution in [2.45, 2.75) is 98.6 Å². The minimum Gasteiger partial charge on any atom is -0.444 e. The molecular weight excluding hydrogens is 444 g/mol. The highest BCUT2D eigenvalue weighted by Gasteiger charge is 2.40. The molecule has 194 valence electrons. The van der Waals surface area contributed by atoms with E-state index in [1.165, 1.54) is 19.0 Å². The first-order chi connectivity index (χ1) is 16.2. The van der Waals surface area contributed by atoms with Crippen LogP contribution in [0.15, 0.2) is 12.3 Å². The molecular formula is C27H42N4O4. The maximum Gasteiger partial charge on any atom is 0.413 e. The van der Waals surface area contributed by atoms with Crippen molar-refractivity contribution in [3.05, 3.63) is 17.8 Å². The number of aryl methyl sites for hydroxylation is 1. The van der Waals surface area contributed by atoms with Crippen LogP contribution in [0.2, 0.25) is 0 Å². The number of aromatic nitrogens is 1. The molecule has 8 nitrogen and oxygen atoms in total. The number of ether oxygens (including phenoxy) is 1. The maximum atomic E-state index is 13.3. The zero-order valence-corrected chi connectivity index (χ0v) is 22.4. The van der Waals surface area contributed by atoms with Crippen molar-refractivity contribution in [2.24, 2.45) is 17.3 Å². The number of pyridine rings is 1. The molecule has 1 aromatic rings. The lowest BCUT2D eigenvalue weighted by molar-refractivity contribution is -0.148. The molecule has 3 amide bonds. The Hall–Kier alpha value is -2.64. The number of rotatable bonds is 3. The lowest BCUT2D eigenvalue weighted by atomic mass is 9.68. The predicted octanol–water partition coefficient (Wildman–Crippen LogP) is 5.52. The Kier molecular flexibility index (Phi) is 8.12. The van der Waals surface area contributed by atoms with Gasteiger partial charge in [0.2, 0.25) is 0 Å². The second-order valence-corrected chi connectivity index (χ2v) is 12.2. The second kappa shape index (κ2) is 10.5. The quantitative estimate of drug-likeness (QED) is 0.548. The monoisotopic (exact) mass is 486 g/mol. The maximum absolute atomic E-state index is 13.3. The number of piperidine rings is 1. The summed E-state index contributed by atoms with van der Waals surface area (Å²) in [6.07, 6.45) is 7.46. The Labute approximate surface area is 209 Å². The molecule has 3 atom stereocenters. The van der Waals surface area contributed by atoms with Crippen LogP contribution in [-0.4, -0.2) is 46.0 Å². The molecule has 1 aliphatic heterocycles. The summed E-state index contributed by atoms with van der Waals surface area (Å²) >= 11 is 0. The van der Waals surface area contributed by atoms with E-state index >= 15 is 0 Å². The summed E-state index contributed by atoms with van der Waals surface area (Å²) in [6.45, 7) is 14.5. The number of amides is 3. The Balaban J connectivity index is 1.67. The first kappa shape index (κ1) is 27.0. The molecule has 0 aromatic carbocycles. The van der Waals surface area contributed by atoms with Gasteiger partial charge in [-0.15, -0.1) is 0 Å². The number of hydrogen-bond acceptors (Lipinski definition) is 5. The van der Waals surface area contributed by atoms with E-state index in [1.54, 1.807) is 33.8 Å². The number of likely N-dealkylation sites (tertiary alicyclic amines) is 1. The van der Waals surface area contributed by atoms with Crippen LogP contribution >= 0.6 is 0 Å². The van der Waals surface area contributed by atoms with Crippen molar-refractivity contribution >= 4 is 29.4 Å². The van der Waals surface area contributed by atoms with Gasteiger partial charge in [0.25, 0.3) is 0 Å². The summed E-state index contributed by atoms with van der Waals surface area (Å²) in [7, 11) is 0. The van der Waals surface area contributed by atoms with Crippen molar-refractivity contribution in [2.75, 3.05) is 17.2 Å². The fraction of sp³-hybridized carbons (Fsp3) is 0.704. The summed E-state index contributed by atoms with van der Waals surface area (Å²) in [6, 6.07) is 1.80. The first-order valence-electron chi connectivity index (χ1n) is 12.8. The van der Waals surface area contributed by atoms with Gasteiger partial charge in [0, 0.05) is 12.6 Å². The van der Waals surface area contributed by atoms with Gasteiger partial charge in [-0.05, 0) is 88.7 Å². The van der Waals surface area contributed by atoms with Gasteiger partial charge in [-0.25, -0.2) is 9.78 Å². The average Bonchev–Trinajstić information content (AvgIpc) is 2.73. The van der Waals surface area contributed by atoms with Gasteiger partial charge in [-0.3, -0.25) is 14.9 Å². The SMILES string of the molecule is Cc1cc(NC(=O)C(=O)N2CC(C)CCC2C2CCCC(C)(C)C2)cnc1NC(=O)OC(C)(C)C. The van der Waals surface area contributed by atoms with Gasteiger partial charge in [0.05, 0.1) is 11.9 Å². The van der Waals surface area contributed by atoms with Gasteiger partial charge in [-0.1, -0.05) is 27.2 Å². The highest BCUT2D eigenvalue weighted by Crippen LogP contribution is 2.43. The fourth-order valence-corrected chi connectivity index (χ4v) is 5.47. The number of nitrogens with zero attached hydrogens (tertiary/aromatic N) is 2. The molecule has 2 aliphatic rings. The standard InChI is InChI=1S/C27H42N4O4/c1-17-10-11-21(19-9-8-12-27(6,7)14-19)31(16-17)24(33)23(32)29-20-13-18(2)22(28-15-20)30-25(34)35-26(3,4)5/h13,15,17,19,21H,8-12,14,16H2,1-7H3,(H,29,32)(H,28,30,34). The molecule has 0 spiro atoms. The van der Waals surface area contributed by atoms with E-state index in [0.717, 1.165) is 25.7 Å². The molecule has 35 heavy (non-hydrogen) atoms. The van der Waals surface area contributed by atoms with Crippen LogP contribution in [0.25, 0.3) is 0 Å². The molecule has 3 unspecified atom stereocenters. The van der Waals surface area contributed by atoms with Crippen LogP contribution < -0.4 is 10.6 Å². The molecule has 0 radical (unpaired) electrons. The molecule has 2 heterocycles. The molecule has 1 aliphatic carbocycles. The molecule has 2 N–H and O–H groups in total. The first-order valence-corrected chi connectivity index (χ1v) is 12.8. The van der Waals surface area contributed by atoms with Gasteiger partial charge in [0.1, 0.15) is 11.4 Å². The number of anilines is 2. The zero-order valence-electron chi connectivity index (χ0n) is 22.4. The van der Waals surface area contributed by atoms with Crippen LogP contribution in [0.1, 0.15) is 85.6 Å². The number of carbonyl (C=O) groups is 3. The third-order valence-corrected chi connectivity index (χ3v) is 7.06. The molecule has 1 saturated carbocycles. The summed E-state index contributed by atoms with van der Waals surface area (Å²) < 4.78 is 5.26. The van der Waals surface area contributed by atoms with Crippen LogP contribution in [0.4, 0.5) is 16.3 Å². The smallest absolute Gasteiger partial charge is 0.413 e. The number of hydrogen-bond donors (Lipinski definition) is 2. The molecule has 1 aromatic heterocycles. The van der Waals surface area contributed by atoms with E-state index in [4.69, 9.17) is 4.74 Å². The Morgan fingerprint density at radius 3 is 2.49 bits per heavy atom. The highest BCUT2D eigenvalue weighted by atomic mass is 16.6. The summed E-state index contributed by atoms with van der Waals surface area (Å²) in [5, 5.41) is 5.33. The largest absolute Gasteiger partial charge is 0.444 e. The zero-order chi connectivity index (χ0) is 26.0. The predicted molar refractivity (Wildman–Crippen MR) is 137 cm³/mol. The molecule has 0 bridgehead atoms. The molecule has 8 heteroatoms. The van der Waals surface area contributed by atoms with Gasteiger partial charge in [-0.2, -0.15) is 0 Å². The molecule has 1 saturated heterocycles. The van der Waals surface area contributed by atoms with E-state index in [9.17, 15) is 14.4 Å². The van der Waals surface area contributed by atoms with Gasteiger partial charge < -0.3 is 15.0 Å². The van der Waals surface area contributed by atoms with Crippen molar-refractivity contribution in [3.63, 3.8) is 0 Å². The summed E-state index contributed by atoms with van der Waals surface area (Å²) in [5.74, 6) is 0.0343. The van der Waals surface area contributed by atoms with Crippen molar-refractivity contribution in [1.82, 2.24) is 9.88 Å². The minimum atomic E-state index is -0.645. The fourth-order valence-electron chi connectivity index (χ4n) is 5.47. The second-order valence-electron chi connectivity index (χ2n) is 12.2.